The molecule has 1 aliphatic rings. The largest absolute Gasteiger partial charge is 0.459 e. The standard InChI is InChI=1S/C28H23ClN4O6/c29-22-18-19(7-10-24(22)31-13-15-32(16-14-31)28(35)26-6-3-17-38-26)30-27(34)12-9-20-8-11-25(39-20)21-4-1-2-5-23(21)33(36)37/h1-12,17-18H,13-16H2,(H,30,34)/b12-9+. The molecule has 0 atom stereocenters. The molecule has 0 spiro atoms. The van der Waals surface area contributed by atoms with Gasteiger partial charge in [-0.05, 0) is 54.6 Å². The van der Waals surface area contributed by atoms with Crippen LogP contribution in [0.4, 0.5) is 17.1 Å². The van der Waals surface area contributed by atoms with E-state index in [9.17, 15) is 19.7 Å². The molecule has 0 unspecified atom stereocenters. The van der Waals surface area contributed by atoms with Crippen molar-refractivity contribution in [3.05, 3.63) is 106 Å². The minimum atomic E-state index is -0.472. The van der Waals surface area contributed by atoms with Gasteiger partial charge in [0.15, 0.2) is 5.76 Å². The van der Waals surface area contributed by atoms with Gasteiger partial charge in [0.25, 0.3) is 11.6 Å². The van der Waals surface area contributed by atoms with Gasteiger partial charge in [0, 0.05) is 44.0 Å². The number of piperazine rings is 1. The Labute approximate surface area is 228 Å². The normalized spacial score (nSPS) is 13.6. The van der Waals surface area contributed by atoms with Crippen LogP contribution in [0.15, 0.2) is 87.9 Å². The number of nitrogens with zero attached hydrogens (tertiary/aromatic N) is 3. The molecule has 1 saturated heterocycles. The van der Waals surface area contributed by atoms with E-state index in [0.717, 1.165) is 5.69 Å². The highest BCUT2D eigenvalue weighted by Gasteiger charge is 2.25. The first-order chi connectivity index (χ1) is 18.9. The van der Waals surface area contributed by atoms with Gasteiger partial charge in [0.05, 0.1) is 27.5 Å². The molecule has 1 aliphatic heterocycles. The van der Waals surface area contributed by atoms with Gasteiger partial charge in [0.2, 0.25) is 5.91 Å². The van der Waals surface area contributed by atoms with Crippen LogP contribution in [0.2, 0.25) is 5.02 Å². The Balaban J connectivity index is 1.18. The molecule has 2 aromatic carbocycles. The zero-order valence-corrected chi connectivity index (χ0v) is 21.3. The molecule has 0 bridgehead atoms. The lowest BCUT2D eigenvalue weighted by atomic mass is 10.1. The van der Waals surface area contributed by atoms with Crippen molar-refractivity contribution in [2.75, 3.05) is 36.4 Å². The van der Waals surface area contributed by atoms with E-state index >= 15 is 0 Å². The van der Waals surface area contributed by atoms with Gasteiger partial charge in [-0.2, -0.15) is 0 Å². The van der Waals surface area contributed by atoms with Gasteiger partial charge >= 0.3 is 0 Å². The van der Waals surface area contributed by atoms with Crippen molar-refractivity contribution in [3.8, 4) is 11.3 Å². The first kappa shape index (κ1) is 25.8. The quantitative estimate of drug-likeness (QED) is 0.179. The second kappa shape index (κ2) is 11.3. The predicted molar refractivity (Wildman–Crippen MR) is 147 cm³/mol. The van der Waals surface area contributed by atoms with Crippen LogP contribution in [-0.4, -0.2) is 47.8 Å². The number of amides is 2. The van der Waals surface area contributed by atoms with E-state index in [0.29, 0.717) is 59.7 Å². The molecule has 1 fully saturated rings. The Morgan fingerprint density at radius 1 is 1.00 bits per heavy atom. The number of nitro benzene ring substituents is 1. The maximum Gasteiger partial charge on any atom is 0.289 e. The maximum atomic E-state index is 12.5. The van der Waals surface area contributed by atoms with Crippen LogP contribution in [0.5, 0.6) is 0 Å². The third-order valence-electron chi connectivity index (χ3n) is 6.25. The number of benzene rings is 2. The first-order valence-electron chi connectivity index (χ1n) is 12.1. The van der Waals surface area contributed by atoms with Crippen LogP contribution < -0.4 is 10.2 Å². The van der Waals surface area contributed by atoms with Crippen molar-refractivity contribution >= 4 is 46.6 Å². The molecule has 198 valence electrons. The SMILES string of the molecule is O=C(/C=C/c1ccc(-c2ccccc2[N+](=O)[O-])o1)Nc1ccc(N2CCN(C(=O)c3ccco3)CC2)c(Cl)c1. The summed E-state index contributed by atoms with van der Waals surface area (Å²) in [5.41, 5.74) is 1.62. The van der Waals surface area contributed by atoms with E-state index in [1.54, 1.807) is 59.5 Å². The Kier molecular flexibility index (Phi) is 7.46. The number of anilines is 2. The van der Waals surface area contributed by atoms with Crippen molar-refractivity contribution in [1.82, 2.24) is 4.90 Å². The van der Waals surface area contributed by atoms with Gasteiger partial charge < -0.3 is 24.0 Å². The molecule has 3 heterocycles. The predicted octanol–water partition coefficient (Wildman–Crippen LogP) is 5.72. The molecular formula is C28H23ClN4O6. The maximum absolute atomic E-state index is 12.5. The van der Waals surface area contributed by atoms with Gasteiger partial charge in [-0.1, -0.05) is 23.7 Å². The van der Waals surface area contributed by atoms with Crippen molar-refractivity contribution in [3.63, 3.8) is 0 Å². The lowest BCUT2D eigenvalue weighted by Crippen LogP contribution is -2.48. The molecule has 2 amide bonds. The number of furan rings is 2. The molecule has 0 aliphatic carbocycles. The summed E-state index contributed by atoms with van der Waals surface area (Å²) in [6.45, 7) is 2.28. The molecule has 10 nitrogen and oxygen atoms in total. The van der Waals surface area contributed by atoms with Crippen LogP contribution in [0.25, 0.3) is 17.4 Å². The number of nitrogens with one attached hydrogen (secondary N) is 1. The summed E-state index contributed by atoms with van der Waals surface area (Å²) in [5.74, 6) is 0.493. The van der Waals surface area contributed by atoms with E-state index in [-0.39, 0.29) is 11.6 Å². The lowest BCUT2D eigenvalue weighted by Gasteiger charge is -2.36. The second-order valence-electron chi connectivity index (χ2n) is 8.72. The van der Waals surface area contributed by atoms with Crippen molar-refractivity contribution in [2.24, 2.45) is 0 Å². The minimum Gasteiger partial charge on any atom is -0.459 e. The molecular weight excluding hydrogens is 524 g/mol. The number of hydrogen-bond donors (Lipinski definition) is 1. The monoisotopic (exact) mass is 546 g/mol. The number of carbonyl (C=O) groups is 2. The number of para-hydroxylation sites is 1. The van der Waals surface area contributed by atoms with Gasteiger partial charge in [0.1, 0.15) is 11.5 Å². The second-order valence-corrected chi connectivity index (χ2v) is 9.13. The molecule has 0 radical (unpaired) electrons. The van der Waals surface area contributed by atoms with E-state index in [4.69, 9.17) is 20.4 Å². The van der Waals surface area contributed by atoms with Gasteiger partial charge in [-0.15, -0.1) is 0 Å². The molecule has 2 aromatic heterocycles. The first-order valence-corrected chi connectivity index (χ1v) is 12.5. The Morgan fingerprint density at radius 2 is 1.79 bits per heavy atom. The van der Waals surface area contributed by atoms with Crippen LogP contribution in [0.1, 0.15) is 16.3 Å². The average molecular weight is 547 g/mol. The fourth-order valence-corrected chi connectivity index (χ4v) is 4.62. The summed E-state index contributed by atoms with van der Waals surface area (Å²) in [4.78, 5) is 39.6. The number of nitro groups is 1. The minimum absolute atomic E-state index is 0.0651. The third-order valence-corrected chi connectivity index (χ3v) is 6.55. The van der Waals surface area contributed by atoms with Crippen LogP contribution in [0, 0.1) is 10.1 Å². The Morgan fingerprint density at radius 3 is 2.51 bits per heavy atom. The Hall–Kier alpha value is -4.83. The topological polar surface area (TPSA) is 122 Å². The summed E-state index contributed by atoms with van der Waals surface area (Å²) in [5, 5.41) is 14.5. The summed E-state index contributed by atoms with van der Waals surface area (Å²) >= 11 is 6.53. The fraction of sp³-hybridized carbons (Fsp3) is 0.143. The summed E-state index contributed by atoms with van der Waals surface area (Å²) in [6.07, 6.45) is 4.26. The van der Waals surface area contributed by atoms with Crippen molar-refractivity contribution < 1.29 is 23.3 Å². The number of hydrogen-bond acceptors (Lipinski definition) is 7. The average Bonchev–Trinajstić information content (AvgIpc) is 3.65. The number of carbonyl (C=O) groups excluding carboxylic acids is 2. The number of rotatable bonds is 7. The van der Waals surface area contributed by atoms with Gasteiger partial charge in [-0.3, -0.25) is 19.7 Å². The van der Waals surface area contributed by atoms with Gasteiger partial charge in [-0.25, -0.2) is 0 Å². The van der Waals surface area contributed by atoms with Crippen LogP contribution >= 0.6 is 11.6 Å². The van der Waals surface area contributed by atoms with E-state index < -0.39 is 10.8 Å². The fourth-order valence-electron chi connectivity index (χ4n) is 4.32. The molecule has 39 heavy (non-hydrogen) atoms. The summed E-state index contributed by atoms with van der Waals surface area (Å²) < 4.78 is 10.9. The molecule has 5 rings (SSSR count). The molecule has 1 N–H and O–H groups in total. The molecule has 11 heteroatoms. The summed E-state index contributed by atoms with van der Waals surface area (Å²) in [7, 11) is 0. The highest BCUT2D eigenvalue weighted by molar-refractivity contribution is 6.33. The zero-order valence-electron chi connectivity index (χ0n) is 20.6. The number of halogens is 1. The highest BCUT2D eigenvalue weighted by atomic mass is 35.5. The Bertz CT molecular complexity index is 1540. The van der Waals surface area contributed by atoms with E-state index in [1.165, 1.54) is 24.5 Å². The van der Waals surface area contributed by atoms with Crippen LogP contribution in [-0.2, 0) is 4.79 Å². The molecule has 4 aromatic rings. The van der Waals surface area contributed by atoms with Crippen molar-refractivity contribution in [2.45, 2.75) is 0 Å². The smallest absolute Gasteiger partial charge is 0.289 e. The third kappa shape index (κ3) is 5.86. The highest BCUT2D eigenvalue weighted by Crippen LogP contribution is 2.32. The van der Waals surface area contributed by atoms with E-state index in [1.807, 2.05) is 6.07 Å². The molecule has 0 saturated carbocycles. The van der Waals surface area contributed by atoms with Crippen molar-refractivity contribution in [1.29, 1.82) is 0 Å². The lowest BCUT2D eigenvalue weighted by molar-refractivity contribution is -0.384. The zero-order chi connectivity index (χ0) is 27.4. The van der Waals surface area contributed by atoms with E-state index in [2.05, 4.69) is 10.2 Å². The summed E-state index contributed by atoms with van der Waals surface area (Å²) in [6, 6.07) is 18.1. The van der Waals surface area contributed by atoms with Crippen LogP contribution in [0.3, 0.4) is 0 Å².